The Balaban J connectivity index is 1.92. The molecule has 1 aliphatic rings. The third kappa shape index (κ3) is 3.32. The fourth-order valence-electron chi connectivity index (χ4n) is 2.90. The predicted molar refractivity (Wildman–Crippen MR) is 92.6 cm³/mol. The van der Waals surface area contributed by atoms with Crippen molar-refractivity contribution in [3.8, 4) is 0 Å². The highest BCUT2D eigenvalue weighted by atomic mass is 19.4. The number of nitrogen functional groups attached to an aromatic ring is 1. The molecule has 2 heterocycles. The molecule has 1 aliphatic heterocycles. The van der Waals surface area contributed by atoms with Crippen LogP contribution in [0, 0.1) is 0 Å². The van der Waals surface area contributed by atoms with Crippen LogP contribution in [-0.2, 0) is 17.5 Å². The molecule has 9 heteroatoms. The number of benzene rings is 1. The second-order valence-electron chi connectivity index (χ2n) is 6.70. The summed E-state index contributed by atoms with van der Waals surface area (Å²) in [6.45, 7) is 3.28. The van der Waals surface area contributed by atoms with Crippen molar-refractivity contribution in [1.82, 2.24) is 9.88 Å². The van der Waals surface area contributed by atoms with E-state index in [9.17, 15) is 22.8 Å². The summed E-state index contributed by atoms with van der Waals surface area (Å²) in [6.07, 6.45) is -3.00. The standard InChI is InChI=1S/C18H17F3N4O2/c1-17(2)15(26)25(13-5-3-12(4-6-13)18(19,20)21)16(27)24(17)10-11-7-8-23-14(22)9-11/h3-9H,10H2,1-2H3,(H2,22,23). The summed E-state index contributed by atoms with van der Waals surface area (Å²) in [6, 6.07) is 6.56. The summed E-state index contributed by atoms with van der Waals surface area (Å²) in [4.78, 5) is 31.8. The molecule has 27 heavy (non-hydrogen) atoms. The van der Waals surface area contributed by atoms with E-state index in [1.165, 1.54) is 11.1 Å². The van der Waals surface area contributed by atoms with Gasteiger partial charge in [-0.3, -0.25) is 4.79 Å². The highest BCUT2D eigenvalue weighted by Gasteiger charge is 2.51. The number of anilines is 2. The Labute approximate surface area is 153 Å². The molecule has 0 bridgehead atoms. The maximum Gasteiger partial charge on any atom is 0.416 e. The van der Waals surface area contributed by atoms with Crippen LogP contribution in [0.5, 0.6) is 0 Å². The Kier molecular flexibility index (Phi) is 4.33. The van der Waals surface area contributed by atoms with Gasteiger partial charge in [0.05, 0.1) is 11.3 Å². The van der Waals surface area contributed by atoms with Gasteiger partial charge in [-0.25, -0.2) is 14.7 Å². The number of pyridine rings is 1. The number of carbonyl (C=O) groups excluding carboxylic acids is 2. The average molecular weight is 378 g/mol. The van der Waals surface area contributed by atoms with Crippen LogP contribution in [0.25, 0.3) is 0 Å². The first-order chi connectivity index (χ1) is 12.5. The Hall–Kier alpha value is -3.10. The van der Waals surface area contributed by atoms with Crippen molar-refractivity contribution in [2.24, 2.45) is 0 Å². The number of aromatic nitrogens is 1. The summed E-state index contributed by atoms with van der Waals surface area (Å²) >= 11 is 0. The van der Waals surface area contributed by atoms with E-state index >= 15 is 0 Å². The number of nitrogens with zero attached hydrogens (tertiary/aromatic N) is 3. The minimum atomic E-state index is -4.50. The van der Waals surface area contributed by atoms with Crippen molar-refractivity contribution in [2.45, 2.75) is 32.1 Å². The Bertz CT molecular complexity index is 894. The van der Waals surface area contributed by atoms with Crippen molar-refractivity contribution in [3.63, 3.8) is 0 Å². The second-order valence-corrected chi connectivity index (χ2v) is 6.70. The van der Waals surface area contributed by atoms with Gasteiger partial charge >= 0.3 is 12.2 Å². The number of urea groups is 1. The maximum absolute atomic E-state index is 12.9. The van der Waals surface area contributed by atoms with Crippen molar-refractivity contribution in [2.75, 3.05) is 10.6 Å². The molecular formula is C18H17F3N4O2. The molecule has 3 rings (SSSR count). The first kappa shape index (κ1) is 18.7. The van der Waals surface area contributed by atoms with Crippen molar-refractivity contribution in [1.29, 1.82) is 0 Å². The predicted octanol–water partition coefficient (Wildman–Crippen LogP) is 3.43. The zero-order valence-electron chi connectivity index (χ0n) is 14.6. The van der Waals surface area contributed by atoms with Crippen LogP contribution in [0.2, 0.25) is 0 Å². The summed E-state index contributed by atoms with van der Waals surface area (Å²) in [5, 5.41) is 0. The van der Waals surface area contributed by atoms with E-state index in [4.69, 9.17) is 5.73 Å². The second kappa shape index (κ2) is 6.26. The summed E-state index contributed by atoms with van der Waals surface area (Å²) in [5.74, 6) is -0.239. The van der Waals surface area contributed by atoms with Gasteiger partial charge < -0.3 is 10.6 Å². The lowest BCUT2D eigenvalue weighted by molar-refractivity contribution is -0.137. The lowest BCUT2D eigenvalue weighted by Gasteiger charge is -2.27. The van der Waals surface area contributed by atoms with Crippen LogP contribution in [0.3, 0.4) is 0 Å². The van der Waals surface area contributed by atoms with Gasteiger partial charge in [-0.1, -0.05) is 0 Å². The molecule has 1 fully saturated rings. The molecule has 0 unspecified atom stereocenters. The minimum absolute atomic E-state index is 0.0859. The number of hydrogen-bond donors (Lipinski definition) is 1. The zero-order chi connectivity index (χ0) is 20.0. The van der Waals surface area contributed by atoms with E-state index in [1.54, 1.807) is 26.0 Å². The molecule has 2 aromatic rings. The molecule has 1 saturated heterocycles. The first-order valence-corrected chi connectivity index (χ1v) is 8.05. The van der Waals surface area contributed by atoms with Gasteiger partial charge in [-0.15, -0.1) is 0 Å². The molecule has 0 radical (unpaired) electrons. The SMILES string of the molecule is CC1(C)C(=O)N(c2ccc(C(F)(F)F)cc2)C(=O)N1Cc1ccnc(N)c1. The van der Waals surface area contributed by atoms with E-state index in [1.807, 2.05) is 0 Å². The highest BCUT2D eigenvalue weighted by Crippen LogP contribution is 2.35. The number of nitrogens with two attached hydrogens (primary N) is 1. The largest absolute Gasteiger partial charge is 0.416 e. The summed E-state index contributed by atoms with van der Waals surface area (Å²) in [5.41, 5.74) is 4.40. The average Bonchev–Trinajstić information content (AvgIpc) is 2.74. The van der Waals surface area contributed by atoms with Crippen LogP contribution in [0.4, 0.5) is 29.5 Å². The molecule has 0 saturated carbocycles. The molecule has 0 aliphatic carbocycles. The van der Waals surface area contributed by atoms with E-state index in [0.29, 0.717) is 5.56 Å². The monoisotopic (exact) mass is 378 g/mol. The van der Waals surface area contributed by atoms with Crippen LogP contribution in [-0.4, -0.2) is 27.4 Å². The fraction of sp³-hybridized carbons (Fsp3) is 0.278. The lowest BCUT2D eigenvalue weighted by Crippen LogP contribution is -2.43. The molecule has 0 atom stereocenters. The molecular weight excluding hydrogens is 361 g/mol. The highest BCUT2D eigenvalue weighted by molar-refractivity contribution is 6.22. The smallest absolute Gasteiger partial charge is 0.384 e. The topological polar surface area (TPSA) is 79.5 Å². The van der Waals surface area contributed by atoms with Crippen molar-refractivity contribution in [3.05, 3.63) is 53.7 Å². The van der Waals surface area contributed by atoms with Gasteiger partial charge in [0.1, 0.15) is 11.4 Å². The van der Waals surface area contributed by atoms with E-state index in [-0.39, 0.29) is 18.1 Å². The van der Waals surface area contributed by atoms with Gasteiger partial charge in [0.25, 0.3) is 5.91 Å². The number of hydrogen-bond acceptors (Lipinski definition) is 4. The maximum atomic E-state index is 12.9. The fourth-order valence-corrected chi connectivity index (χ4v) is 2.90. The van der Waals surface area contributed by atoms with Crippen LogP contribution >= 0.6 is 0 Å². The Morgan fingerprint density at radius 1 is 1.11 bits per heavy atom. The summed E-state index contributed by atoms with van der Waals surface area (Å²) in [7, 11) is 0. The first-order valence-electron chi connectivity index (χ1n) is 8.05. The van der Waals surface area contributed by atoms with Gasteiger partial charge in [-0.2, -0.15) is 13.2 Å². The quantitative estimate of drug-likeness (QED) is 0.830. The molecule has 6 nitrogen and oxygen atoms in total. The van der Waals surface area contributed by atoms with Gasteiger partial charge in [0.2, 0.25) is 0 Å². The number of imide groups is 1. The number of halogens is 3. The molecule has 3 amide bonds. The molecule has 2 N–H and O–H groups in total. The number of rotatable bonds is 3. The molecule has 1 aromatic carbocycles. The third-order valence-corrected chi connectivity index (χ3v) is 4.46. The summed E-state index contributed by atoms with van der Waals surface area (Å²) < 4.78 is 38.2. The van der Waals surface area contributed by atoms with Crippen LogP contribution in [0.1, 0.15) is 25.0 Å². The molecule has 1 aromatic heterocycles. The zero-order valence-corrected chi connectivity index (χ0v) is 14.6. The van der Waals surface area contributed by atoms with E-state index in [2.05, 4.69) is 4.98 Å². The number of carbonyl (C=O) groups is 2. The Morgan fingerprint density at radius 2 is 1.74 bits per heavy atom. The van der Waals surface area contributed by atoms with Crippen LogP contribution < -0.4 is 10.6 Å². The number of amides is 3. The third-order valence-electron chi connectivity index (χ3n) is 4.46. The normalized spacial score (nSPS) is 16.9. The molecule has 0 spiro atoms. The van der Waals surface area contributed by atoms with Crippen molar-refractivity contribution >= 4 is 23.4 Å². The van der Waals surface area contributed by atoms with Gasteiger partial charge in [0, 0.05) is 12.7 Å². The van der Waals surface area contributed by atoms with Crippen molar-refractivity contribution < 1.29 is 22.8 Å². The lowest BCUT2D eigenvalue weighted by atomic mass is 10.0. The van der Waals surface area contributed by atoms with Gasteiger partial charge in [-0.05, 0) is 55.8 Å². The van der Waals surface area contributed by atoms with E-state index < -0.39 is 29.2 Å². The van der Waals surface area contributed by atoms with E-state index in [0.717, 1.165) is 29.2 Å². The van der Waals surface area contributed by atoms with Crippen LogP contribution in [0.15, 0.2) is 42.6 Å². The number of alkyl halides is 3. The Morgan fingerprint density at radius 3 is 2.30 bits per heavy atom. The molecule has 142 valence electrons. The van der Waals surface area contributed by atoms with Gasteiger partial charge in [0.15, 0.2) is 0 Å². The minimum Gasteiger partial charge on any atom is -0.384 e.